The Morgan fingerprint density at radius 3 is 2.26 bits per heavy atom. The maximum Gasteiger partial charge on any atom is 0.324 e. The molecule has 110 valence electrons. The third-order valence-corrected chi connectivity index (χ3v) is 3.06. The van der Waals surface area contributed by atoms with Gasteiger partial charge in [0.2, 0.25) is 11.8 Å². The van der Waals surface area contributed by atoms with Gasteiger partial charge in [0.1, 0.15) is 12.1 Å². The number of hydrogen-bond donors (Lipinski definition) is 1. The molecule has 19 heavy (non-hydrogen) atoms. The Hall–Kier alpha value is -1.34. The second-order valence-electron chi connectivity index (χ2n) is 4.93. The molecule has 0 spiro atoms. The summed E-state index contributed by atoms with van der Waals surface area (Å²) in [5, 5.41) is 2.40. The van der Waals surface area contributed by atoms with E-state index in [4.69, 9.17) is 0 Å². The van der Waals surface area contributed by atoms with Crippen molar-refractivity contribution in [1.82, 2.24) is 10.2 Å². The van der Waals surface area contributed by atoms with Crippen LogP contribution in [0, 0.1) is 5.92 Å². The van der Waals surface area contributed by atoms with Gasteiger partial charge in [-0.1, -0.05) is 13.8 Å². The van der Waals surface area contributed by atoms with Gasteiger partial charge in [-0.25, -0.2) is 8.78 Å². The van der Waals surface area contributed by atoms with Gasteiger partial charge in [0.25, 0.3) is 0 Å². The van der Waals surface area contributed by atoms with E-state index in [-0.39, 0.29) is 5.92 Å². The number of carbonyl (C=O) groups is 2. The number of alkyl halides is 4. The van der Waals surface area contributed by atoms with Crippen LogP contribution in [0.25, 0.3) is 0 Å². The molecule has 1 aliphatic heterocycles. The topological polar surface area (TPSA) is 49.4 Å². The van der Waals surface area contributed by atoms with Crippen molar-refractivity contribution >= 4 is 11.8 Å². The molecule has 0 bridgehead atoms. The first-order valence-electron chi connectivity index (χ1n) is 5.84. The first-order valence-corrected chi connectivity index (χ1v) is 5.84. The van der Waals surface area contributed by atoms with E-state index in [1.807, 2.05) is 0 Å². The molecule has 1 fully saturated rings. The minimum absolute atomic E-state index is 0.313. The Kier molecular flexibility index (Phi) is 4.42. The number of carbonyl (C=O) groups excluding carboxylic acids is 2. The number of amides is 2. The molecule has 1 saturated heterocycles. The Labute approximate surface area is 108 Å². The Morgan fingerprint density at radius 1 is 1.32 bits per heavy atom. The van der Waals surface area contributed by atoms with Crippen molar-refractivity contribution in [3.8, 4) is 0 Å². The molecule has 0 saturated carbocycles. The van der Waals surface area contributed by atoms with Crippen molar-refractivity contribution in [1.29, 1.82) is 0 Å². The summed E-state index contributed by atoms with van der Waals surface area (Å²) < 4.78 is 50.5. The van der Waals surface area contributed by atoms with E-state index in [0.717, 1.165) is 0 Å². The lowest BCUT2D eigenvalue weighted by Crippen LogP contribution is -2.65. The maximum atomic E-state index is 13.1. The zero-order valence-corrected chi connectivity index (χ0v) is 10.8. The highest BCUT2D eigenvalue weighted by Crippen LogP contribution is 2.27. The number of piperazine rings is 1. The minimum atomic E-state index is -4.33. The molecule has 1 N–H and O–H groups in total. The summed E-state index contributed by atoms with van der Waals surface area (Å²) in [6, 6.07) is -2.15. The smallest absolute Gasteiger partial charge is 0.324 e. The highest BCUT2D eigenvalue weighted by Gasteiger charge is 2.48. The van der Waals surface area contributed by atoms with Gasteiger partial charge in [0, 0.05) is 0 Å². The zero-order valence-electron chi connectivity index (χ0n) is 10.8. The molecule has 2 amide bonds. The van der Waals surface area contributed by atoms with Crippen molar-refractivity contribution in [3.05, 3.63) is 0 Å². The number of rotatable bonds is 4. The van der Waals surface area contributed by atoms with E-state index < -0.39 is 42.8 Å². The Morgan fingerprint density at radius 2 is 1.84 bits per heavy atom. The summed E-state index contributed by atoms with van der Waals surface area (Å²) in [5.74, 6) is -6.03. The van der Waals surface area contributed by atoms with Crippen molar-refractivity contribution in [2.24, 2.45) is 5.92 Å². The van der Waals surface area contributed by atoms with E-state index in [1.165, 1.54) is 6.92 Å². The molecule has 2 atom stereocenters. The van der Waals surface area contributed by atoms with Gasteiger partial charge in [-0.2, -0.15) is 8.78 Å². The highest BCUT2D eigenvalue weighted by molar-refractivity contribution is 5.96. The Bertz CT molecular complexity index is 374. The van der Waals surface area contributed by atoms with Crippen LogP contribution < -0.4 is 5.32 Å². The molecule has 0 radical (unpaired) electrons. The van der Waals surface area contributed by atoms with Crippen LogP contribution in [-0.2, 0) is 9.59 Å². The molecule has 2 unspecified atom stereocenters. The first-order chi connectivity index (χ1) is 8.58. The molecule has 1 heterocycles. The molecule has 4 nitrogen and oxygen atoms in total. The lowest BCUT2D eigenvalue weighted by molar-refractivity contribution is -0.170. The van der Waals surface area contributed by atoms with Gasteiger partial charge in [-0.05, 0) is 12.8 Å². The molecular weight excluding hydrogens is 268 g/mol. The third kappa shape index (κ3) is 3.16. The second-order valence-corrected chi connectivity index (χ2v) is 4.93. The average molecular weight is 284 g/mol. The minimum Gasteiger partial charge on any atom is -0.342 e. The number of halogens is 4. The molecule has 0 aromatic carbocycles. The molecule has 8 heteroatoms. The third-order valence-electron chi connectivity index (χ3n) is 3.06. The fourth-order valence-corrected chi connectivity index (χ4v) is 1.81. The van der Waals surface area contributed by atoms with Crippen LogP contribution in [0.5, 0.6) is 0 Å². The second kappa shape index (κ2) is 5.34. The number of nitrogens with zero attached hydrogens (tertiary/aromatic N) is 1. The summed E-state index contributed by atoms with van der Waals surface area (Å²) in [4.78, 5) is 24.1. The lowest BCUT2D eigenvalue weighted by Gasteiger charge is -2.40. The monoisotopic (exact) mass is 284 g/mol. The summed E-state index contributed by atoms with van der Waals surface area (Å²) in [6.07, 6.45) is -3.88. The van der Waals surface area contributed by atoms with Gasteiger partial charge < -0.3 is 10.2 Å². The summed E-state index contributed by atoms with van der Waals surface area (Å²) >= 11 is 0. The van der Waals surface area contributed by atoms with E-state index in [0.29, 0.717) is 4.90 Å². The molecule has 0 aromatic rings. The Balaban J connectivity index is 2.96. The quantitative estimate of drug-likeness (QED) is 0.790. The zero-order chi connectivity index (χ0) is 15.0. The van der Waals surface area contributed by atoms with Crippen LogP contribution in [0.1, 0.15) is 20.8 Å². The van der Waals surface area contributed by atoms with Gasteiger partial charge in [0.15, 0.2) is 0 Å². The van der Waals surface area contributed by atoms with Crippen LogP contribution in [0.4, 0.5) is 17.6 Å². The van der Waals surface area contributed by atoms with Gasteiger partial charge in [-0.3, -0.25) is 9.59 Å². The predicted molar refractivity (Wildman–Crippen MR) is 58.9 cm³/mol. The SMILES string of the molecule is CC(C)C1NC(=O)C(C)N(CC(F)(F)C(F)F)C1=O. The van der Waals surface area contributed by atoms with Crippen LogP contribution in [0.15, 0.2) is 0 Å². The molecule has 1 aliphatic rings. The normalized spacial score (nSPS) is 25.2. The van der Waals surface area contributed by atoms with E-state index in [1.54, 1.807) is 13.8 Å². The molecule has 0 aliphatic carbocycles. The summed E-state index contributed by atoms with van der Waals surface area (Å²) in [6.45, 7) is 3.02. The van der Waals surface area contributed by atoms with Crippen LogP contribution in [-0.4, -0.2) is 47.7 Å². The van der Waals surface area contributed by atoms with Crippen molar-refractivity contribution in [2.45, 2.75) is 45.2 Å². The fourth-order valence-electron chi connectivity index (χ4n) is 1.81. The molecule has 0 aromatic heterocycles. The summed E-state index contributed by atoms with van der Waals surface area (Å²) in [7, 11) is 0. The standard InChI is InChI=1S/C11H16F4N2O2/c1-5(2)7-9(19)17(6(3)8(18)16-7)4-11(14,15)10(12)13/h5-7,10H,4H2,1-3H3,(H,16,18). The molecule has 1 rings (SSSR count). The van der Waals surface area contributed by atoms with Crippen LogP contribution >= 0.6 is 0 Å². The van der Waals surface area contributed by atoms with Gasteiger partial charge in [-0.15, -0.1) is 0 Å². The number of nitrogens with one attached hydrogen (secondary N) is 1. The van der Waals surface area contributed by atoms with Gasteiger partial charge >= 0.3 is 12.3 Å². The van der Waals surface area contributed by atoms with Crippen molar-refractivity contribution in [3.63, 3.8) is 0 Å². The van der Waals surface area contributed by atoms with Gasteiger partial charge in [0.05, 0.1) is 6.54 Å². The highest BCUT2D eigenvalue weighted by atomic mass is 19.3. The van der Waals surface area contributed by atoms with E-state index >= 15 is 0 Å². The van der Waals surface area contributed by atoms with Crippen LogP contribution in [0.3, 0.4) is 0 Å². The lowest BCUT2D eigenvalue weighted by atomic mass is 9.98. The largest absolute Gasteiger partial charge is 0.342 e. The van der Waals surface area contributed by atoms with E-state index in [2.05, 4.69) is 5.32 Å². The average Bonchev–Trinajstić information content (AvgIpc) is 2.28. The first kappa shape index (κ1) is 15.7. The van der Waals surface area contributed by atoms with Crippen molar-refractivity contribution < 1.29 is 27.2 Å². The predicted octanol–water partition coefficient (Wildman–Crippen LogP) is 1.26. The van der Waals surface area contributed by atoms with E-state index in [9.17, 15) is 27.2 Å². The van der Waals surface area contributed by atoms with Crippen molar-refractivity contribution in [2.75, 3.05) is 6.54 Å². The fraction of sp³-hybridized carbons (Fsp3) is 0.818. The number of hydrogen-bond acceptors (Lipinski definition) is 2. The summed E-state index contributed by atoms with van der Waals surface area (Å²) in [5.41, 5.74) is 0. The molecular formula is C11H16F4N2O2. The van der Waals surface area contributed by atoms with Crippen LogP contribution in [0.2, 0.25) is 0 Å². The maximum absolute atomic E-state index is 13.1.